The molecule has 1 N–H and O–H groups in total. The molecule has 0 aliphatic carbocycles. The Morgan fingerprint density at radius 1 is 1.18 bits per heavy atom. The van der Waals surface area contributed by atoms with Crippen molar-refractivity contribution in [1.82, 2.24) is 14.6 Å². The second kappa shape index (κ2) is 7.51. The molecule has 6 nitrogen and oxygen atoms in total. The molecule has 0 unspecified atom stereocenters. The maximum atomic E-state index is 12.5. The van der Waals surface area contributed by atoms with Gasteiger partial charge in [-0.15, -0.1) is 18.3 Å². The zero-order chi connectivity index (χ0) is 19.7. The first-order chi connectivity index (χ1) is 13.4. The van der Waals surface area contributed by atoms with Gasteiger partial charge in [-0.3, -0.25) is 0 Å². The molecule has 1 saturated heterocycles. The molecule has 1 aliphatic rings. The molecule has 0 bridgehead atoms. The van der Waals surface area contributed by atoms with Crippen molar-refractivity contribution in [1.29, 1.82) is 0 Å². The van der Waals surface area contributed by atoms with E-state index in [-0.39, 0.29) is 11.8 Å². The Morgan fingerprint density at radius 2 is 1.96 bits per heavy atom. The molecule has 0 saturated carbocycles. The number of rotatable bonds is 4. The third kappa shape index (κ3) is 4.33. The zero-order valence-electron chi connectivity index (χ0n) is 14.6. The van der Waals surface area contributed by atoms with Gasteiger partial charge in [-0.1, -0.05) is 23.3 Å². The summed E-state index contributed by atoms with van der Waals surface area (Å²) < 4.78 is 54.5. The summed E-state index contributed by atoms with van der Waals surface area (Å²) in [5.41, 5.74) is 1.63. The third-order valence-corrected chi connectivity index (χ3v) is 5.85. The van der Waals surface area contributed by atoms with Gasteiger partial charge >= 0.3 is 6.36 Å². The number of imidazole rings is 1. The molecule has 2 aromatic heterocycles. The van der Waals surface area contributed by atoms with Crippen molar-refractivity contribution in [3.63, 3.8) is 0 Å². The second-order valence-corrected chi connectivity index (χ2v) is 8.17. The number of nitrogens with zero attached hydrogens (tertiary/aromatic N) is 3. The van der Waals surface area contributed by atoms with Crippen LogP contribution in [0.3, 0.4) is 0 Å². The lowest BCUT2D eigenvalue weighted by Crippen LogP contribution is -2.32. The summed E-state index contributed by atoms with van der Waals surface area (Å²) in [5.74, 6) is 1.67. The summed E-state index contributed by atoms with van der Waals surface area (Å²) in [6.07, 6.45) is -1.58. The van der Waals surface area contributed by atoms with Crippen LogP contribution in [0.15, 0.2) is 42.6 Å². The fourth-order valence-corrected chi connectivity index (χ4v) is 4.45. The molecule has 0 radical (unpaired) electrons. The number of nitrogens with one attached hydrogen (secondary N) is 1. The van der Waals surface area contributed by atoms with E-state index in [1.165, 1.54) is 18.2 Å². The summed E-state index contributed by atoms with van der Waals surface area (Å²) in [7, 11) is 0. The van der Waals surface area contributed by atoms with E-state index in [4.69, 9.17) is 0 Å². The molecular weight excluding hydrogens is 393 g/mol. The molecule has 4 rings (SSSR count). The molecule has 0 atom stereocenters. The fourth-order valence-electron chi connectivity index (χ4n) is 3.15. The van der Waals surface area contributed by atoms with E-state index in [1.807, 2.05) is 0 Å². The molecule has 0 spiro atoms. The SMILES string of the molecule is [O-][S+]1CCC(Nc2ccc3ncc(-c4cccc(OC(F)(F)F)c4)n3n2)CC1. The molecule has 3 heterocycles. The van der Waals surface area contributed by atoms with Gasteiger partial charge in [0.2, 0.25) is 0 Å². The van der Waals surface area contributed by atoms with Crippen molar-refractivity contribution >= 4 is 22.6 Å². The van der Waals surface area contributed by atoms with Crippen molar-refractivity contribution in [3.05, 3.63) is 42.6 Å². The van der Waals surface area contributed by atoms with Crippen LogP contribution in [-0.4, -0.2) is 43.1 Å². The van der Waals surface area contributed by atoms with E-state index in [9.17, 15) is 17.7 Å². The molecule has 1 fully saturated rings. The van der Waals surface area contributed by atoms with Gasteiger partial charge in [-0.2, -0.15) is 0 Å². The first kappa shape index (κ1) is 18.9. The number of hydrogen-bond acceptors (Lipinski definition) is 5. The average molecular weight is 410 g/mol. The maximum Gasteiger partial charge on any atom is 0.573 e. The number of alkyl halides is 3. The van der Waals surface area contributed by atoms with Gasteiger partial charge < -0.3 is 14.6 Å². The third-order valence-electron chi connectivity index (χ3n) is 4.47. The first-order valence-electron chi connectivity index (χ1n) is 8.70. The van der Waals surface area contributed by atoms with E-state index < -0.39 is 17.5 Å². The zero-order valence-corrected chi connectivity index (χ0v) is 15.5. The quantitative estimate of drug-likeness (QED) is 0.665. The van der Waals surface area contributed by atoms with E-state index in [0.717, 1.165) is 12.8 Å². The van der Waals surface area contributed by atoms with Crippen LogP contribution in [0.25, 0.3) is 16.9 Å². The van der Waals surface area contributed by atoms with Crippen molar-refractivity contribution in [3.8, 4) is 17.0 Å². The second-order valence-electron chi connectivity index (χ2n) is 6.47. The van der Waals surface area contributed by atoms with Crippen molar-refractivity contribution in [2.24, 2.45) is 0 Å². The summed E-state index contributed by atoms with van der Waals surface area (Å²) in [6, 6.07) is 9.49. The van der Waals surface area contributed by atoms with Crippen molar-refractivity contribution in [2.75, 3.05) is 16.8 Å². The molecule has 1 aliphatic heterocycles. The lowest BCUT2D eigenvalue weighted by atomic mass is 10.1. The summed E-state index contributed by atoms with van der Waals surface area (Å²) >= 11 is -0.741. The number of hydrogen-bond donors (Lipinski definition) is 1. The van der Waals surface area contributed by atoms with E-state index >= 15 is 0 Å². The fraction of sp³-hybridized carbons (Fsp3) is 0.333. The van der Waals surface area contributed by atoms with Gasteiger partial charge in [0.1, 0.15) is 23.1 Å². The summed E-state index contributed by atoms with van der Waals surface area (Å²) in [6.45, 7) is 0. The molecule has 28 heavy (non-hydrogen) atoms. The van der Waals surface area contributed by atoms with Crippen LogP contribution < -0.4 is 10.1 Å². The van der Waals surface area contributed by atoms with Gasteiger partial charge in [-0.05, 0) is 24.3 Å². The number of anilines is 1. The van der Waals surface area contributed by atoms with Gasteiger partial charge in [0.25, 0.3) is 0 Å². The van der Waals surface area contributed by atoms with Gasteiger partial charge in [0.15, 0.2) is 5.65 Å². The summed E-state index contributed by atoms with van der Waals surface area (Å²) in [5, 5.41) is 7.87. The molecular formula is C18H17F3N4O2S. The molecule has 148 valence electrons. The maximum absolute atomic E-state index is 12.5. The van der Waals surface area contributed by atoms with E-state index in [2.05, 4.69) is 20.1 Å². The van der Waals surface area contributed by atoms with Gasteiger partial charge in [0.05, 0.1) is 11.9 Å². The van der Waals surface area contributed by atoms with Crippen molar-refractivity contribution < 1.29 is 22.5 Å². The van der Waals surface area contributed by atoms with Crippen LogP contribution in [0.2, 0.25) is 0 Å². The number of ether oxygens (including phenoxy) is 1. The molecule has 10 heteroatoms. The Labute approximate surface area is 161 Å². The Kier molecular flexibility index (Phi) is 5.07. The first-order valence-corrected chi connectivity index (χ1v) is 10.2. The standard InChI is InChI=1S/C18H17F3N4O2S/c19-18(20,21)27-14-3-1-2-12(10-14)15-11-22-17-5-4-16(24-25(15)17)23-13-6-8-28(26)9-7-13/h1-5,10-11,13H,6-9H2,(H,23,24). The minimum absolute atomic E-state index is 0.193. The Hall–Kier alpha value is -2.46. The smallest absolute Gasteiger partial charge is 0.573 e. The lowest BCUT2D eigenvalue weighted by Gasteiger charge is -2.25. The van der Waals surface area contributed by atoms with E-state index in [1.54, 1.807) is 28.9 Å². The van der Waals surface area contributed by atoms with Crippen LogP contribution in [0.5, 0.6) is 5.75 Å². The van der Waals surface area contributed by atoms with Crippen LogP contribution >= 0.6 is 0 Å². The highest BCUT2D eigenvalue weighted by molar-refractivity contribution is 7.91. The van der Waals surface area contributed by atoms with Crippen LogP contribution in [0, 0.1) is 0 Å². The highest BCUT2D eigenvalue weighted by Crippen LogP contribution is 2.28. The van der Waals surface area contributed by atoms with Crippen molar-refractivity contribution in [2.45, 2.75) is 25.2 Å². The molecule has 3 aromatic rings. The Balaban J connectivity index is 1.61. The number of fused-ring (bicyclic) bond motifs is 1. The number of aromatic nitrogens is 3. The predicted octanol–water partition coefficient (Wildman–Crippen LogP) is 3.62. The number of benzene rings is 1. The Morgan fingerprint density at radius 3 is 2.71 bits per heavy atom. The van der Waals surface area contributed by atoms with Crippen LogP contribution in [-0.2, 0) is 11.2 Å². The minimum Gasteiger partial charge on any atom is -0.616 e. The Bertz CT molecular complexity index is 971. The van der Waals surface area contributed by atoms with Gasteiger partial charge in [-0.25, -0.2) is 9.50 Å². The topological polar surface area (TPSA) is 74.5 Å². The summed E-state index contributed by atoms with van der Waals surface area (Å²) in [4.78, 5) is 4.27. The average Bonchev–Trinajstić information content (AvgIpc) is 3.06. The molecule has 0 amide bonds. The normalized spacial score (nSPS) is 20.3. The monoisotopic (exact) mass is 410 g/mol. The minimum atomic E-state index is -4.75. The number of halogens is 3. The predicted molar refractivity (Wildman–Crippen MR) is 99.6 cm³/mol. The molecule has 1 aromatic carbocycles. The highest BCUT2D eigenvalue weighted by Gasteiger charge is 2.31. The highest BCUT2D eigenvalue weighted by atomic mass is 32.2. The van der Waals surface area contributed by atoms with Crippen LogP contribution in [0.4, 0.5) is 19.0 Å². The lowest BCUT2D eigenvalue weighted by molar-refractivity contribution is -0.274. The van der Waals surface area contributed by atoms with Crippen LogP contribution in [0.1, 0.15) is 12.8 Å². The van der Waals surface area contributed by atoms with Gasteiger partial charge in [0, 0.05) is 24.4 Å². The van der Waals surface area contributed by atoms with E-state index in [0.29, 0.717) is 34.2 Å². The largest absolute Gasteiger partial charge is 0.616 e.